The predicted molar refractivity (Wildman–Crippen MR) is 101 cm³/mol. The van der Waals surface area contributed by atoms with E-state index < -0.39 is 0 Å². The first-order valence-electron chi connectivity index (χ1n) is 8.21. The van der Waals surface area contributed by atoms with Crippen molar-refractivity contribution in [3.63, 3.8) is 0 Å². The van der Waals surface area contributed by atoms with E-state index in [-0.39, 0.29) is 11.7 Å². The fraction of sp³-hybridized carbons (Fsp3) is 0.200. The van der Waals surface area contributed by atoms with E-state index in [4.69, 9.17) is 4.74 Å². The van der Waals surface area contributed by atoms with Gasteiger partial charge < -0.3 is 10.1 Å². The minimum absolute atomic E-state index is 0.134. The summed E-state index contributed by atoms with van der Waals surface area (Å²) in [5.74, 6) is 0.257. The Balaban J connectivity index is 1.61. The summed E-state index contributed by atoms with van der Waals surface area (Å²) in [7, 11) is 1.57. The van der Waals surface area contributed by atoms with Crippen molar-refractivity contribution in [1.29, 1.82) is 0 Å². The lowest BCUT2D eigenvalue weighted by Crippen LogP contribution is -2.25. The number of methoxy groups -OCH3 is 1. The zero-order valence-corrected chi connectivity index (χ0v) is 15.4. The summed E-state index contributed by atoms with van der Waals surface area (Å²) in [5, 5.41) is 3.78. The third kappa shape index (κ3) is 4.26. The molecule has 1 heterocycles. The van der Waals surface area contributed by atoms with Crippen LogP contribution in [0, 0.1) is 12.7 Å². The highest BCUT2D eigenvalue weighted by Gasteiger charge is 2.11. The Morgan fingerprint density at radius 2 is 2.00 bits per heavy atom. The van der Waals surface area contributed by atoms with E-state index in [1.165, 1.54) is 12.1 Å². The lowest BCUT2D eigenvalue weighted by molar-refractivity contribution is 0.0954. The Kier molecular flexibility index (Phi) is 5.63. The van der Waals surface area contributed by atoms with Crippen LogP contribution < -0.4 is 10.1 Å². The van der Waals surface area contributed by atoms with E-state index in [0.29, 0.717) is 24.3 Å². The number of nitrogens with zero attached hydrogens (tertiary/aromatic N) is 1. The maximum absolute atomic E-state index is 13.1. The molecule has 3 rings (SSSR count). The first-order valence-corrected chi connectivity index (χ1v) is 9.03. The van der Waals surface area contributed by atoms with Crippen LogP contribution in [0.5, 0.6) is 5.75 Å². The fourth-order valence-electron chi connectivity index (χ4n) is 2.53. The number of hydrogen-bond acceptors (Lipinski definition) is 4. The Morgan fingerprint density at radius 3 is 2.73 bits per heavy atom. The van der Waals surface area contributed by atoms with Crippen LogP contribution in [-0.2, 0) is 6.42 Å². The number of amides is 1. The zero-order chi connectivity index (χ0) is 18.5. The number of hydrogen-bond donors (Lipinski definition) is 1. The number of rotatable bonds is 6. The summed E-state index contributed by atoms with van der Waals surface area (Å²) in [5.41, 5.74) is 2.40. The van der Waals surface area contributed by atoms with Crippen molar-refractivity contribution in [3.8, 4) is 16.3 Å². The van der Waals surface area contributed by atoms with Gasteiger partial charge in [0, 0.05) is 29.0 Å². The van der Waals surface area contributed by atoms with E-state index >= 15 is 0 Å². The Labute approximate surface area is 155 Å². The lowest BCUT2D eigenvalue weighted by atomic mass is 10.2. The molecule has 134 valence electrons. The van der Waals surface area contributed by atoms with Crippen molar-refractivity contribution in [2.45, 2.75) is 13.3 Å². The number of halogens is 1. The van der Waals surface area contributed by atoms with Gasteiger partial charge in [-0.25, -0.2) is 9.37 Å². The molecule has 1 aromatic heterocycles. The molecule has 0 atom stereocenters. The van der Waals surface area contributed by atoms with Crippen LogP contribution in [0.15, 0.2) is 48.5 Å². The molecule has 0 saturated carbocycles. The molecule has 1 N–H and O–H groups in total. The molecule has 0 aliphatic rings. The number of ether oxygens (including phenoxy) is 1. The molecule has 26 heavy (non-hydrogen) atoms. The standard InChI is InChI=1S/C20H19FN2O2S/c1-13-18(26-20(23-13)14-6-8-16(21)9-7-14)10-11-22-19(24)15-4-3-5-17(12-15)25-2/h3-9,12H,10-11H2,1-2H3,(H,22,24). The molecule has 0 fully saturated rings. The maximum Gasteiger partial charge on any atom is 0.251 e. The van der Waals surface area contributed by atoms with Gasteiger partial charge in [0.05, 0.1) is 12.8 Å². The number of aryl methyl sites for hydroxylation is 1. The summed E-state index contributed by atoms with van der Waals surface area (Å²) < 4.78 is 18.2. The molecule has 0 unspecified atom stereocenters. The molecular formula is C20H19FN2O2S. The van der Waals surface area contributed by atoms with Crippen LogP contribution >= 0.6 is 11.3 Å². The van der Waals surface area contributed by atoms with Crippen molar-refractivity contribution < 1.29 is 13.9 Å². The maximum atomic E-state index is 13.1. The van der Waals surface area contributed by atoms with Crippen LogP contribution in [-0.4, -0.2) is 24.5 Å². The van der Waals surface area contributed by atoms with Gasteiger partial charge in [-0.1, -0.05) is 6.07 Å². The average molecular weight is 370 g/mol. The zero-order valence-electron chi connectivity index (χ0n) is 14.6. The monoisotopic (exact) mass is 370 g/mol. The molecule has 4 nitrogen and oxygen atoms in total. The largest absolute Gasteiger partial charge is 0.497 e. The number of benzene rings is 2. The van der Waals surface area contributed by atoms with Gasteiger partial charge in [-0.2, -0.15) is 0 Å². The first kappa shape index (κ1) is 18.1. The van der Waals surface area contributed by atoms with Crippen LogP contribution in [0.4, 0.5) is 4.39 Å². The predicted octanol–water partition coefficient (Wildman–Crippen LogP) is 4.24. The number of aromatic nitrogens is 1. The van der Waals surface area contributed by atoms with Crippen molar-refractivity contribution in [2.75, 3.05) is 13.7 Å². The molecule has 0 bridgehead atoms. The molecule has 0 saturated heterocycles. The van der Waals surface area contributed by atoms with Crippen LogP contribution in [0.2, 0.25) is 0 Å². The number of carbonyl (C=O) groups excluding carboxylic acids is 1. The molecule has 6 heteroatoms. The average Bonchev–Trinajstić information content (AvgIpc) is 3.03. The topological polar surface area (TPSA) is 51.2 Å². The quantitative estimate of drug-likeness (QED) is 0.706. The Bertz CT molecular complexity index is 906. The number of carbonyl (C=O) groups is 1. The van der Waals surface area contributed by atoms with Crippen LogP contribution in [0.3, 0.4) is 0 Å². The highest BCUT2D eigenvalue weighted by molar-refractivity contribution is 7.15. The van der Waals surface area contributed by atoms with Crippen molar-refractivity contribution in [1.82, 2.24) is 10.3 Å². The van der Waals surface area contributed by atoms with Gasteiger partial charge in [0.1, 0.15) is 16.6 Å². The summed E-state index contributed by atoms with van der Waals surface area (Å²) in [4.78, 5) is 17.9. The van der Waals surface area contributed by atoms with E-state index in [2.05, 4.69) is 10.3 Å². The summed E-state index contributed by atoms with van der Waals surface area (Å²) in [6.45, 7) is 2.46. The minimum Gasteiger partial charge on any atom is -0.497 e. The number of nitrogens with one attached hydrogen (secondary N) is 1. The normalized spacial score (nSPS) is 10.6. The molecule has 0 aliphatic carbocycles. The Hall–Kier alpha value is -2.73. The molecule has 0 aliphatic heterocycles. The van der Waals surface area contributed by atoms with E-state index in [1.807, 2.05) is 6.92 Å². The van der Waals surface area contributed by atoms with Crippen molar-refractivity contribution >= 4 is 17.2 Å². The van der Waals surface area contributed by atoms with E-state index in [0.717, 1.165) is 21.1 Å². The molecule has 2 aromatic carbocycles. The molecular weight excluding hydrogens is 351 g/mol. The van der Waals surface area contributed by atoms with Crippen LogP contribution in [0.1, 0.15) is 20.9 Å². The van der Waals surface area contributed by atoms with Gasteiger partial charge in [-0.3, -0.25) is 4.79 Å². The van der Waals surface area contributed by atoms with E-state index in [1.54, 1.807) is 54.8 Å². The second-order valence-corrected chi connectivity index (χ2v) is 6.86. The molecule has 3 aromatic rings. The smallest absolute Gasteiger partial charge is 0.251 e. The summed E-state index contributed by atoms with van der Waals surface area (Å²) in [6.07, 6.45) is 0.695. The van der Waals surface area contributed by atoms with Gasteiger partial charge in [-0.15, -0.1) is 11.3 Å². The van der Waals surface area contributed by atoms with Gasteiger partial charge in [0.15, 0.2) is 0 Å². The molecule has 0 radical (unpaired) electrons. The second-order valence-electron chi connectivity index (χ2n) is 5.77. The SMILES string of the molecule is COc1cccc(C(=O)NCCc2sc(-c3ccc(F)cc3)nc2C)c1. The summed E-state index contributed by atoms with van der Waals surface area (Å²) >= 11 is 1.57. The summed E-state index contributed by atoms with van der Waals surface area (Å²) in [6, 6.07) is 13.4. The number of thiazole rings is 1. The van der Waals surface area contributed by atoms with Gasteiger partial charge >= 0.3 is 0 Å². The first-order chi connectivity index (χ1) is 12.6. The van der Waals surface area contributed by atoms with Gasteiger partial charge in [0.2, 0.25) is 0 Å². The van der Waals surface area contributed by atoms with Gasteiger partial charge in [-0.05, 0) is 49.4 Å². The highest BCUT2D eigenvalue weighted by Crippen LogP contribution is 2.28. The van der Waals surface area contributed by atoms with E-state index in [9.17, 15) is 9.18 Å². The highest BCUT2D eigenvalue weighted by atomic mass is 32.1. The lowest BCUT2D eigenvalue weighted by Gasteiger charge is -2.06. The third-order valence-electron chi connectivity index (χ3n) is 3.95. The third-order valence-corrected chi connectivity index (χ3v) is 5.22. The fourth-order valence-corrected chi connectivity index (χ4v) is 3.60. The minimum atomic E-state index is -0.262. The van der Waals surface area contributed by atoms with Crippen LogP contribution in [0.25, 0.3) is 10.6 Å². The van der Waals surface area contributed by atoms with Crippen molar-refractivity contribution in [2.24, 2.45) is 0 Å². The molecule has 1 amide bonds. The van der Waals surface area contributed by atoms with Crippen molar-refractivity contribution in [3.05, 3.63) is 70.5 Å². The second kappa shape index (κ2) is 8.10. The Morgan fingerprint density at radius 1 is 1.23 bits per heavy atom. The molecule has 0 spiro atoms. The van der Waals surface area contributed by atoms with Gasteiger partial charge in [0.25, 0.3) is 5.91 Å².